The summed E-state index contributed by atoms with van der Waals surface area (Å²) in [6.45, 7) is 8.23. The van der Waals surface area contributed by atoms with Crippen LogP contribution in [0.5, 0.6) is 5.75 Å². The van der Waals surface area contributed by atoms with Gasteiger partial charge in [0.15, 0.2) is 5.65 Å². The SMILES string of the molecule is CCOc1ccccc1-n1c(C(C)N2CCNCC2)nc2ncccc2c1=O. The van der Waals surface area contributed by atoms with Gasteiger partial charge >= 0.3 is 0 Å². The van der Waals surface area contributed by atoms with Crippen LogP contribution in [0.4, 0.5) is 0 Å². The fourth-order valence-corrected chi connectivity index (χ4v) is 3.70. The molecule has 7 nitrogen and oxygen atoms in total. The summed E-state index contributed by atoms with van der Waals surface area (Å²) >= 11 is 0. The summed E-state index contributed by atoms with van der Waals surface area (Å²) in [4.78, 5) is 25.0. The summed E-state index contributed by atoms with van der Waals surface area (Å²) in [5.74, 6) is 1.36. The van der Waals surface area contributed by atoms with Gasteiger partial charge in [0.2, 0.25) is 0 Å². The van der Waals surface area contributed by atoms with E-state index in [4.69, 9.17) is 9.72 Å². The van der Waals surface area contributed by atoms with E-state index in [0.717, 1.165) is 26.2 Å². The number of ether oxygens (including phenoxy) is 1. The van der Waals surface area contributed by atoms with Crippen molar-refractivity contribution >= 4 is 11.0 Å². The van der Waals surface area contributed by atoms with Crippen LogP contribution in [0.15, 0.2) is 47.4 Å². The summed E-state index contributed by atoms with van der Waals surface area (Å²) in [6.07, 6.45) is 1.67. The van der Waals surface area contributed by atoms with E-state index >= 15 is 0 Å². The molecule has 1 fully saturated rings. The predicted molar refractivity (Wildman–Crippen MR) is 109 cm³/mol. The molecule has 1 saturated heterocycles. The minimum Gasteiger partial charge on any atom is -0.492 e. The number of para-hydroxylation sites is 2. The van der Waals surface area contributed by atoms with Crippen molar-refractivity contribution in [3.05, 3.63) is 58.8 Å². The molecular weight excluding hydrogens is 354 g/mol. The average molecular weight is 379 g/mol. The molecule has 3 aromatic rings. The summed E-state index contributed by atoms with van der Waals surface area (Å²) in [5.41, 5.74) is 1.07. The zero-order valence-electron chi connectivity index (χ0n) is 16.3. The van der Waals surface area contributed by atoms with Crippen molar-refractivity contribution in [3.63, 3.8) is 0 Å². The number of nitrogens with one attached hydrogen (secondary N) is 1. The second-order valence-electron chi connectivity index (χ2n) is 6.85. The Labute approximate surface area is 164 Å². The van der Waals surface area contributed by atoms with Crippen LogP contribution in [0.25, 0.3) is 16.7 Å². The van der Waals surface area contributed by atoms with E-state index in [1.807, 2.05) is 31.2 Å². The molecule has 1 aliphatic rings. The molecule has 0 saturated carbocycles. The van der Waals surface area contributed by atoms with Crippen molar-refractivity contribution in [1.82, 2.24) is 24.8 Å². The third-order valence-electron chi connectivity index (χ3n) is 5.15. The number of pyridine rings is 1. The first kappa shape index (κ1) is 18.6. The number of rotatable bonds is 5. The molecule has 146 valence electrons. The fourth-order valence-electron chi connectivity index (χ4n) is 3.70. The molecule has 2 aromatic heterocycles. The third kappa shape index (κ3) is 3.39. The van der Waals surface area contributed by atoms with Crippen LogP contribution in [-0.2, 0) is 0 Å². The first-order valence-corrected chi connectivity index (χ1v) is 9.75. The van der Waals surface area contributed by atoms with Crippen molar-refractivity contribution in [1.29, 1.82) is 0 Å². The molecule has 1 N–H and O–H groups in total. The Balaban J connectivity index is 1.95. The molecule has 7 heteroatoms. The maximum absolute atomic E-state index is 13.5. The fraction of sp³-hybridized carbons (Fsp3) is 0.381. The highest BCUT2D eigenvalue weighted by atomic mass is 16.5. The predicted octanol–water partition coefficient (Wildman–Crippen LogP) is 2.15. The highest BCUT2D eigenvalue weighted by molar-refractivity contribution is 5.74. The Bertz CT molecular complexity index is 1030. The van der Waals surface area contributed by atoms with Crippen LogP contribution < -0.4 is 15.6 Å². The van der Waals surface area contributed by atoms with Gasteiger partial charge in [0, 0.05) is 32.4 Å². The van der Waals surface area contributed by atoms with Gasteiger partial charge in [0.05, 0.1) is 23.7 Å². The summed E-state index contributed by atoms with van der Waals surface area (Å²) in [7, 11) is 0. The van der Waals surface area contributed by atoms with Crippen LogP contribution in [0.2, 0.25) is 0 Å². The number of hydrogen-bond donors (Lipinski definition) is 1. The van der Waals surface area contributed by atoms with Gasteiger partial charge in [-0.25, -0.2) is 9.97 Å². The third-order valence-corrected chi connectivity index (χ3v) is 5.15. The van der Waals surface area contributed by atoms with E-state index in [9.17, 15) is 4.79 Å². The average Bonchev–Trinajstić information content (AvgIpc) is 2.75. The normalized spacial score (nSPS) is 16.2. The Morgan fingerprint density at radius 2 is 1.96 bits per heavy atom. The first-order chi connectivity index (χ1) is 13.7. The summed E-state index contributed by atoms with van der Waals surface area (Å²) < 4.78 is 7.51. The maximum Gasteiger partial charge on any atom is 0.267 e. The van der Waals surface area contributed by atoms with Gasteiger partial charge in [0.25, 0.3) is 5.56 Å². The van der Waals surface area contributed by atoms with Crippen molar-refractivity contribution in [2.75, 3.05) is 32.8 Å². The topological polar surface area (TPSA) is 72.3 Å². The van der Waals surface area contributed by atoms with E-state index in [0.29, 0.717) is 34.9 Å². The maximum atomic E-state index is 13.5. The lowest BCUT2D eigenvalue weighted by molar-refractivity contribution is 0.177. The molecule has 0 amide bonds. The molecule has 3 heterocycles. The zero-order chi connectivity index (χ0) is 19.5. The van der Waals surface area contributed by atoms with E-state index in [2.05, 4.69) is 22.1 Å². The molecule has 28 heavy (non-hydrogen) atoms. The Hall–Kier alpha value is -2.77. The van der Waals surface area contributed by atoms with Crippen LogP contribution in [0.1, 0.15) is 25.7 Å². The van der Waals surface area contributed by atoms with Crippen LogP contribution in [-0.4, -0.2) is 52.2 Å². The highest BCUT2D eigenvalue weighted by Crippen LogP contribution is 2.27. The van der Waals surface area contributed by atoms with Gasteiger partial charge in [-0.05, 0) is 38.1 Å². The molecule has 1 aliphatic heterocycles. The Morgan fingerprint density at radius 1 is 1.18 bits per heavy atom. The summed E-state index contributed by atoms with van der Waals surface area (Å²) in [6, 6.07) is 11.1. The van der Waals surface area contributed by atoms with E-state index in [-0.39, 0.29) is 11.6 Å². The van der Waals surface area contributed by atoms with Crippen LogP contribution in [0.3, 0.4) is 0 Å². The second kappa shape index (κ2) is 8.08. The van der Waals surface area contributed by atoms with Gasteiger partial charge in [-0.15, -0.1) is 0 Å². The van der Waals surface area contributed by atoms with Gasteiger partial charge in [-0.1, -0.05) is 12.1 Å². The van der Waals surface area contributed by atoms with Crippen molar-refractivity contribution in [3.8, 4) is 11.4 Å². The zero-order valence-corrected chi connectivity index (χ0v) is 16.3. The number of aromatic nitrogens is 3. The van der Waals surface area contributed by atoms with Crippen LogP contribution >= 0.6 is 0 Å². The molecule has 1 aromatic carbocycles. The molecule has 4 rings (SSSR count). The minimum atomic E-state index is -0.123. The van der Waals surface area contributed by atoms with Crippen molar-refractivity contribution < 1.29 is 4.74 Å². The lowest BCUT2D eigenvalue weighted by Crippen LogP contribution is -2.45. The summed E-state index contributed by atoms with van der Waals surface area (Å²) in [5, 5.41) is 3.88. The monoisotopic (exact) mass is 379 g/mol. The Kier molecular flexibility index (Phi) is 5.36. The number of fused-ring (bicyclic) bond motifs is 1. The van der Waals surface area contributed by atoms with Crippen molar-refractivity contribution in [2.45, 2.75) is 19.9 Å². The van der Waals surface area contributed by atoms with Gasteiger partial charge < -0.3 is 10.1 Å². The van der Waals surface area contributed by atoms with Crippen LogP contribution in [0, 0.1) is 0 Å². The molecule has 1 unspecified atom stereocenters. The number of benzene rings is 1. The number of hydrogen-bond acceptors (Lipinski definition) is 6. The lowest BCUT2D eigenvalue weighted by atomic mass is 10.2. The molecule has 0 bridgehead atoms. The second-order valence-corrected chi connectivity index (χ2v) is 6.85. The van der Waals surface area contributed by atoms with E-state index in [1.165, 1.54) is 0 Å². The van der Waals surface area contributed by atoms with Gasteiger partial charge in [0.1, 0.15) is 11.6 Å². The number of piperazine rings is 1. The standard InChI is InChI=1S/C21H25N5O2/c1-3-28-18-9-5-4-8-17(18)26-20(15(2)25-13-11-22-12-14-25)24-19-16(21(26)27)7-6-10-23-19/h4-10,15,22H,3,11-14H2,1-2H3. The highest BCUT2D eigenvalue weighted by Gasteiger charge is 2.25. The molecule has 0 aliphatic carbocycles. The smallest absolute Gasteiger partial charge is 0.267 e. The van der Waals surface area contributed by atoms with Crippen molar-refractivity contribution in [2.24, 2.45) is 0 Å². The number of nitrogens with zero attached hydrogens (tertiary/aromatic N) is 4. The van der Waals surface area contributed by atoms with Gasteiger partial charge in [-0.3, -0.25) is 14.3 Å². The first-order valence-electron chi connectivity index (χ1n) is 9.75. The van der Waals surface area contributed by atoms with E-state index in [1.54, 1.807) is 22.9 Å². The quantitative estimate of drug-likeness (QED) is 0.732. The largest absolute Gasteiger partial charge is 0.492 e. The lowest BCUT2D eigenvalue weighted by Gasteiger charge is -2.33. The molecule has 0 radical (unpaired) electrons. The minimum absolute atomic E-state index is 0.0316. The molecular formula is C21H25N5O2. The molecule has 0 spiro atoms. The molecule has 1 atom stereocenters. The Morgan fingerprint density at radius 3 is 2.75 bits per heavy atom. The van der Waals surface area contributed by atoms with E-state index < -0.39 is 0 Å². The van der Waals surface area contributed by atoms with Gasteiger partial charge in [-0.2, -0.15) is 0 Å².